The molecule has 26 heavy (non-hydrogen) atoms. The van der Waals surface area contributed by atoms with Crippen molar-refractivity contribution in [3.8, 4) is 11.5 Å². The molecule has 2 heterocycles. The Balaban J connectivity index is 1.43. The SMILES string of the molecule is Cc1cc(CN(C)C(=O)Nc2cccc(-c3nc(C4CC4)no3)c2)no1. The van der Waals surface area contributed by atoms with Crippen LogP contribution in [0.3, 0.4) is 0 Å². The predicted molar refractivity (Wildman–Crippen MR) is 93.4 cm³/mol. The Morgan fingerprint density at radius 2 is 2.12 bits per heavy atom. The number of hydrogen-bond acceptors (Lipinski definition) is 6. The average Bonchev–Trinajstić information content (AvgIpc) is 3.21. The van der Waals surface area contributed by atoms with E-state index in [0.717, 1.165) is 24.2 Å². The van der Waals surface area contributed by atoms with Crippen LogP contribution in [-0.4, -0.2) is 33.3 Å². The van der Waals surface area contributed by atoms with E-state index in [2.05, 4.69) is 20.6 Å². The summed E-state index contributed by atoms with van der Waals surface area (Å²) in [6.45, 7) is 2.17. The zero-order chi connectivity index (χ0) is 18.1. The molecule has 0 spiro atoms. The van der Waals surface area contributed by atoms with Gasteiger partial charge in [-0.2, -0.15) is 4.98 Å². The highest BCUT2D eigenvalue weighted by Crippen LogP contribution is 2.39. The first kappa shape index (κ1) is 16.3. The number of anilines is 1. The molecule has 0 radical (unpaired) electrons. The van der Waals surface area contributed by atoms with Crippen LogP contribution in [0.15, 0.2) is 39.4 Å². The minimum atomic E-state index is -0.244. The maximum absolute atomic E-state index is 12.4. The Labute approximate surface area is 150 Å². The topological polar surface area (TPSA) is 97.3 Å². The van der Waals surface area contributed by atoms with E-state index in [1.54, 1.807) is 13.1 Å². The van der Waals surface area contributed by atoms with Crippen molar-refractivity contribution in [3.05, 3.63) is 47.6 Å². The van der Waals surface area contributed by atoms with Crippen molar-refractivity contribution in [2.45, 2.75) is 32.2 Å². The Bertz CT molecular complexity index is 928. The molecule has 1 aromatic carbocycles. The van der Waals surface area contributed by atoms with Crippen molar-refractivity contribution in [3.63, 3.8) is 0 Å². The molecule has 8 nitrogen and oxygen atoms in total. The van der Waals surface area contributed by atoms with Gasteiger partial charge in [-0.05, 0) is 38.0 Å². The number of nitrogens with one attached hydrogen (secondary N) is 1. The molecule has 0 saturated heterocycles. The van der Waals surface area contributed by atoms with Gasteiger partial charge in [0.15, 0.2) is 5.82 Å². The molecule has 0 unspecified atom stereocenters. The maximum Gasteiger partial charge on any atom is 0.321 e. The zero-order valence-corrected chi connectivity index (χ0v) is 14.6. The Hall–Kier alpha value is -3.16. The standard InChI is InChI=1S/C18H19N5O3/c1-11-8-15(21-25-11)10-23(2)18(24)19-14-5-3-4-13(9-14)17-20-16(22-26-17)12-6-7-12/h3-5,8-9,12H,6-7,10H2,1-2H3,(H,19,24). The summed E-state index contributed by atoms with van der Waals surface area (Å²) in [7, 11) is 1.70. The van der Waals surface area contributed by atoms with Gasteiger partial charge >= 0.3 is 6.03 Å². The van der Waals surface area contributed by atoms with Gasteiger partial charge in [-0.3, -0.25) is 0 Å². The molecule has 1 fully saturated rings. The van der Waals surface area contributed by atoms with Gasteiger partial charge in [-0.1, -0.05) is 16.4 Å². The number of nitrogens with zero attached hydrogens (tertiary/aromatic N) is 4. The molecule has 0 aliphatic heterocycles. The molecule has 1 saturated carbocycles. The first-order valence-electron chi connectivity index (χ1n) is 8.47. The van der Waals surface area contributed by atoms with Gasteiger partial charge in [0, 0.05) is 30.3 Å². The summed E-state index contributed by atoms with van der Waals surface area (Å²) in [5.74, 6) is 2.38. The molecule has 2 amide bonds. The Morgan fingerprint density at radius 1 is 1.27 bits per heavy atom. The van der Waals surface area contributed by atoms with Crippen molar-refractivity contribution in [1.82, 2.24) is 20.2 Å². The van der Waals surface area contributed by atoms with Gasteiger partial charge < -0.3 is 19.3 Å². The number of benzene rings is 1. The second-order valence-corrected chi connectivity index (χ2v) is 6.53. The summed E-state index contributed by atoms with van der Waals surface area (Å²) in [6.07, 6.45) is 2.24. The number of urea groups is 1. The lowest BCUT2D eigenvalue weighted by Crippen LogP contribution is -2.30. The highest BCUT2D eigenvalue weighted by molar-refractivity contribution is 5.89. The number of carbonyl (C=O) groups excluding carboxylic acids is 1. The van der Waals surface area contributed by atoms with Crippen molar-refractivity contribution in [2.24, 2.45) is 0 Å². The largest absolute Gasteiger partial charge is 0.361 e. The van der Waals surface area contributed by atoms with E-state index in [9.17, 15) is 4.79 Å². The summed E-state index contributed by atoms with van der Waals surface area (Å²) < 4.78 is 10.4. The summed E-state index contributed by atoms with van der Waals surface area (Å²) >= 11 is 0. The molecular weight excluding hydrogens is 334 g/mol. The highest BCUT2D eigenvalue weighted by atomic mass is 16.5. The Kier molecular flexibility index (Phi) is 4.16. The van der Waals surface area contributed by atoms with E-state index in [-0.39, 0.29) is 6.03 Å². The second-order valence-electron chi connectivity index (χ2n) is 6.53. The molecular formula is C18H19N5O3. The van der Waals surface area contributed by atoms with Crippen molar-refractivity contribution < 1.29 is 13.8 Å². The summed E-state index contributed by atoms with van der Waals surface area (Å²) in [4.78, 5) is 18.3. The van der Waals surface area contributed by atoms with Gasteiger partial charge in [-0.25, -0.2) is 4.79 Å². The average molecular weight is 353 g/mol. The lowest BCUT2D eigenvalue weighted by Gasteiger charge is -2.16. The molecule has 2 aromatic heterocycles. The normalized spacial score (nSPS) is 13.6. The molecule has 8 heteroatoms. The van der Waals surface area contributed by atoms with Crippen molar-refractivity contribution in [2.75, 3.05) is 12.4 Å². The van der Waals surface area contributed by atoms with Crippen LogP contribution < -0.4 is 5.32 Å². The fourth-order valence-corrected chi connectivity index (χ4v) is 2.62. The monoisotopic (exact) mass is 353 g/mol. The van der Waals surface area contributed by atoms with Gasteiger partial charge in [0.25, 0.3) is 5.89 Å². The number of rotatable bonds is 5. The molecule has 0 atom stereocenters. The number of aryl methyl sites for hydroxylation is 1. The van der Waals surface area contributed by atoms with Gasteiger partial charge in [0.2, 0.25) is 0 Å². The van der Waals surface area contributed by atoms with Gasteiger partial charge in [0.1, 0.15) is 11.5 Å². The van der Waals surface area contributed by atoms with Crippen molar-refractivity contribution in [1.29, 1.82) is 0 Å². The first-order valence-corrected chi connectivity index (χ1v) is 8.47. The van der Waals surface area contributed by atoms with Crippen LogP contribution in [0.5, 0.6) is 0 Å². The minimum Gasteiger partial charge on any atom is -0.361 e. The van der Waals surface area contributed by atoms with E-state index in [4.69, 9.17) is 9.05 Å². The number of hydrogen-bond donors (Lipinski definition) is 1. The molecule has 4 rings (SSSR count). The zero-order valence-electron chi connectivity index (χ0n) is 14.6. The molecule has 0 bridgehead atoms. The van der Waals surface area contributed by atoms with Gasteiger partial charge in [-0.15, -0.1) is 0 Å². The van der Waals surface area contributed by atoms with Crippen LogP contribution in [-0.2, 0) is 6.54 Å². The van der Waals surface area contributed by atoms with Crippen LogP contribution in [0, 0.1) is 6.92 Å². The number of aromatic nitrogens is 3. The first-order chi connectivity index (χ1) is 12.6. The second kappa shape index (κ2) is 6.62. The summed E-state index contributed by atoms with van der Waals surface area (Å²) in [5.41, 5.74) is 2.13. The maximum atomic E-state index is 12.4. The summed E-state index contributed by atoms with van der Waals surface area (Å²) in [6, 6.07) is 8.91. The number of amides is 2. The molecule has 1 N–H and O–H groups in total. The third-order valence-corrected chi connectivity index (χ3v) is 4.17. The molecule has 1 aliphatic rings. The van der Waals surface area contributed by atoms with Crippen molar-refractivity contribution >= 4 is 11.7 Å². The smallest absolute Gasteiger partial charge is 0.321 e. The van der Waals surface area contributed by atoms with Crippen LogP contribution in [0.1, 0.15) is 36.0 Å². The van der Waals surface area contributed by atoms with Crippen LogP contribution in [0.4, 0.5) is 10.5 Å². The van der Waals surface area contributed by atoms with Gasteiger partial charge in [0.05, 0.1) is 6.54 Å². The fraction of sp³-hybridized carbons (Fsp3) is 0.333. The summed E-state index contributed by atoms with van der Waals surface area (Å²) in [5, 5.41) is 10.8. The number of carbonyl (C=O) groups is 1. The fourth-order valence-electron chi connectivity index (χ4n) is 2.62. The minimum absolute atomic E-state index is 0.244. The lowest BCUT2D eigenvalue weighted by atomic mass is 10.2. The molecule has 134 valence electrons. The predicted octanol–water partition coefficient (Wildman–Crippen LogP) is 3.57. The molecule has 3 aromatic rings. The lowest BCUT2D eigenvalue weighted by molar-refractivity contribution is 0.219. The third-order valence-electron chi connectivity index (χ3n) is 4.17. The van der Waals surface area contributed by atoms with Crippen LogP contribution in [0.2, 0.25) is 0 Å². The van der Waals surface area contributed by atoms with E-state index >= 15 is 0 Å². The highest BCUT2D eigenvalue weighted by Gasteiger charge is 2.29. The van der Waals surface area contributed by atoms with E-state index in [1.807, 2.05) is 31.2 Å². The van der Waals surface area contributed by atoms with E-state index in [0.29, 0.717) is 35.5 Å². The Morgan fingerprint density at radius 3 is 2.85 bits per heavy atom. The van der Waals surface area contributed by atoms with Crippen LogP contribution in [0.25, 0.3) is 11.5 Å². The van der Waals surface area contributed by atoms with Crippen LogP contribution >= 0.6 is 0 Å². The quantitative estimate of drug-likeness (QED) is 0.753. The molecule has 1 aliphatic carbocycles. The van der Waals surface area contributed by atoms with E-state index < -0.39 is 0 Å². The third kappa shape index (κ3) is 3.58. The van der Waals surface area contributed by atoms with E-state index in [1.165, 1.54) is 4.90 Å².